The molecule has 1 unspecified atom stereocenters. The second-order valence-corrected chi connectivity index (χ2v) is 7.99. The van der Waals surface area contributed by atoms with Gasteiger partial charge in [-0.3, -0.25) is 9.59 Å². The number of carbonyl (C=O) groups excluding carboxylic acids is 2. The van der Waals surface area contributed by atoms with Crippen LogP contribution in [0.15, 0.2) is 29.2 Å². The summed E-state index contributed by atoms with van der Waals surface area (Å²) < 4.78 is 29.7. The molecular weight excluding hydrogens is 330 g/mol. The van der Waals surface area contributed by atoms with Crippen LogP contribution in [0.1, 0.15) is 25.3 Å². The van der Waals surface area contributed by atoms with Crippen molar-refractivity contribution in [2.45, 2.75) is 31.6 Å². The molecule has 0 spiro atoms. The standard InChI is InChI=1S/C17H23NO5S/c1-3-23-17(20)14-5-4-10-18(11-14)16(19)12-24(21,22)15-8-6-13(2)7-9-15/h6-9,14H,3-5,10-12H2,1-2H3. The Bertz CT molecular complexity index is 696. The first-order valence-corrected chi connectivity index (χ1v) is 9.72. The third-order valence-electron chi connectivity index (χ3n) is 4.09. The Labute approximate surface area is 142 Å². The number of piperidine rings is 1. The number of ether oxygens (including phenoxy) is 1. The van der Waals surface area contributed by atoms with Gasteiger partial charge in [-0.25, -0.2) is 8.42 Å². The van der Waals surface area contributed by atoms with Gasteiger partial charge in [-0.2, -0.15) is 0 Å². The van der Waals surface area contributed by atoms with Gasteiger partial charge in [-0.05, 0) is 38.8 Å². The third-order valence-corrected chi connectivity index (χ3v) is 5.71. The summed E-state index contributed by atoms with van der Waals surface area (Å²) in [6, 6.07) is 6.43. The summed E-state index contributed by atoms with van der Waals surface area (Å²) in [5.41, 5.74) is 0.952. The van der Waals surface area contributed by atoms with Crippen LogP contribution in [0.2, 0.25) is 0 Å². The van der Waals surface area contributed by atoms with Gasteiger partial charge in [0.25, 0.3) is 0 Å². The van der Waals surface area contributed by atoms with Crippen molar-refractivity contribution in [3.05, 3.63) is 29.8 Å². The molecule has 0 aromatic heterocycles. The predicted octanol–water partition coefficient (Wildman–Crippen LogP) is 1.57. The lowest BCUT2D eigenvalue weighted by atomic mass is 9.98. The second kappa shape index (κ2) is 7.79. The van der Waals surface area contributed by atoms with Gasteiger partial charge in [0.15, 0.2) is 9.84 Å². The number of likely N-dealkylation sites (tertiary alicyclic amines) is 1. The van der Waals surface area contributed by atoms with Crippen molar-refractivity contribution < 1.29 is 22.7 Å². The number of sulfone groups is 1. The monoisotopic (exact) mass is 353 g/mol. The first-order valence-electron chi connectivity index (χ1n) is 8.07. The molecule has 0 saturated carbocycles. The molecule has 24 heavy (non-hydrogen) atoms. The Morgan fingerprint density at radius 1 is 1.25 bits per heavy atom. The van der Waals surface area contributed by atoms with Crippen LogP contribution in [0.3, 0.4) is 0 Å². The lowest BCUT2D eigenvalue weighted by molar-refractivity contribution is -0.151. The van der Waals surface area contributed by atoms with Crippen LogP contribution in [-0.4, -0.2) is 50.6 Å². The molecule has 7 heteroatoms. The summed E-state index contributed by atoms with van der Waals surface area (Å²) in [6.45, 7) is 4.59. The van der Waals surface area contributed by atoms with E-state index in [9.17, 15) is 18.0 Å². The van der Waals surface area contributed by atoms with E-state index in [1.54, 1.807) is 19.1 Å². The lowest BCUT2D eigenvalue weighted by Gasteiger charge is -2.31. The quantitative estimate of drug-likeness (QED) is 0.751. The number of carbonyl (C=O) groups is 2. The van der Waals surface area contributed by atoms with Gasteiger partial charge in [-0.15, -0.1) is 0 Å². The van der Waals surface area contributed by atoms with Gasteiger partial charge in [0.2, 0.25) is 5.91 Å². The Kier molecular flexibility index (Phi) is 5.99. The molecule has 0 N–H and O–H groups in total. The molecule has 1 aromatic rings. The van der Waals surface area contributed by atoms with Crippen LogP contribution in [0, 0.1) is 12.8 Å². The number of hydrogen-bond donors (Lipinski definition) is 0. The van der Waals surface area contributed by atoms with E-state index in [0.717, 1.165) is 5.56 Å². The molecule has 2 rings (SSSR count). The average molecular weight is 353 g/mol. The highest BCUT2D eigenvalue weighted by Gasteiger charge is 2.31. The van der Waals surface area contributed by atoms with Gasteiger partial charge in [0, 0.05) is 13.1 Å². The van der Waals surface area contributed by atoms with Crippen molar-refractivity contribution >= 4 is 21.7 Å². The highest BCUT2D eigenvalue weighted by atomic mass is 32.2. The molecular formula is C17H23NO5S. The van der Waals surface area contributed by atoms with Crippen LogP contribution < -0.4 is 0 Å². The Balaban J connectivity index is 2.03. The van der Waals surface area contributed by atoms with Gasteiger partial charge >= 0.3 is 5.97 Å². The fourth-order valence-corrected chi connectivity index (χ4v) is 3.96. The first-order chi connectivity index (χ1) is 11.3. The van der Waals surface area contributed by atoms with Crippen LogP contribution in [-0.2, 0) is 24.2 Å². The minimum Gasteiger partial charge on any atom is -0.466 e. The smallest absolute Gasteiger partial charge is 0.310 e. The molecule has 1 heterocycles. The molecule has 1 aliphatic heterocycles. The van der Waals surface area contributed by atoms with E-state index >= 15 is 0 Å². The molecule has 1 aliphatic rings. The second-order valence-electron chi connectivity index (χ2n) is 6.00. The van der Waals surface area contributed by atoms with Gasteiger partial charge in [-0.1, -0.05) is 17.7 Å². The van der Waals surface area contributed by atoms with Crippen molar-refractivity contribution in [1.82, 2.24) is 4.90 Å². The molecule has 0 bridgehead atoms. The van der Waals surface area contributed by atoms with Crippen molar-refractivity contribution in [3.63, 3.8) is 0 Å². The van der Waals surface area contributed by atoms with Gasteiger partial charge in [0.1, 0.15) is 5.75 Å². The summed E-state index contributed by atoms with van der Waals surface area (Å²) in [7, 11) is -3.68. The Morgan fingerprint density at radius 3 is 2.54 bits per heavy atom. The van der Waals surface area contributed by atoms with E-state index in [1.807, 2.05) is 6.92 Å². The van der Waals surface area contributed by atoms with E-state index < -0.39 is 21.5 Å². The average Bonchev–Trinajstić information content (AvgIpc) is 2.55. The van der Waals surface area contributed by atoms with Gasteiger partial charge in [0.05, 0.1) is 17.4 Å². The normalized spacial score (nSPS) is 18.2. The van der Waals surface area contributed by atoms with Crippen molar-refractivity contribution in [2.75, 3.05) is 25.4 Å². The third kappa shape index (κ3) is 4.56. The van der Waals surface area contributed by atoms with Crippen LogP contribution >= 0.6 is 0 Å². The molecule has 6 nitrogen and oxygen atoms in total. The van der Waals surface area contributed by atoms with Crippen LogP contribution in [0.25, 0.3) is 0 Å². The predicted molar refractivity (Wildman–Crippen MR) is 89.2 cm³/mol. The number of aryl methyl sites for hydroxylation is 1. The molecule has 1 saturated heterocycles. The Morgan fingerprint density at radius 2 is 1.92 bits per heavy atom. The molecule has 0 radical (unpaired) electrons. The maximum atomic E-state index is 12.4. The molecule has 1 aromatic carbocycles. The fraction of sp³-hybridized carbons (Fsp3) is 0.529. The van der Waals surface area contributed by atoms with Crippen LogP contribution in [0.5, 0.6) is 0 Å². The van der Waals surface area contributed by atoms with Crippen molar-refractivity contribution in [2.24, 2.45) is 5.92 Å². The van der Waals surface area contributed by atoms with Crippen LogP contribution in [0.4, 0.5) is 0 Å². The summed E-state index contributed by atoms with van der Waals surface area (Å²) in [4.78, 5) is 25.8. The highest BCUT2D eigenvalue weighted by Crippen LogP contribution is 2.19. The number of hydrogen-bond acceptors (Lipinski definition) is 5. The minimum atomic E-state index is -3.68. The fourth-order valence-electron chi connectivity index (χ4n) is 2.74. The number of benzene rings is 1. The van der Waals surface area contributed by atoms with Gasteiger partial charge < -0.3 is 9.64 Å². The van der Waals surface area contributed by atoms with Crippen molar-refractivity contribution in [3.8, 4) is 0 Å². The lowest BCUT2D eigenvalue weighted by Crippen LogP contribution is -2.45. The molecule has 1 amide bonds. The summed E-state index contributed by atoms with van der Waals surface area (Å²) in [5, 5.41) is 0. The van der Waals surface area contributed by atoms with E-state index in [2.05, 4.69) is 0 Å². The molecule has 1 fully saturated rings. The molecule has 0 aliphatic carbocycles. The maximum Gasteiger partial charge on any atom is 0.310 e. The number of rotatable bonds is 5. The zero-order chi connectivity index (χ0) is 17.7. The zero-order valence-corrected chi connectivity index (χ0v) is 14.8. The maximum absolute atomic E-state index is 12.4. The Hall–Kier alpha value is -1.89. The topological polar surface area (TPSA) is 80.8 Å². The molecule has 132 valence electrons. The van der Waals surface area contributed by atoms with E-state index in [1.165, 1.54) is 17.0 Å². The number of esters is 1. The minimum absolute atomic E-state index is 0.139. The SMILES string of the molecule is CCOC(=O)C1CCCN(C(=O)CS(=O)(=O)c2ccc(C)cc2)C1. The highest BCUT2D eigenvalue weighted by molar-refractivity contribution is 7.92. The number of amides is 1. The largest absolute Gasteiger partial charge is 0.466 e. The van der Waals surface area contributed by atoms with Crippen molar-refractivity contribution in [1.29, 1.82) is 0 Å². The van der Waals surface area contributed by atoms with E-state index in [-0.39, 0.29) is 23.3 Å². The van der Waals surface area contributed by atoms with E-state index in [0.29, 0.717) is 26.0 Å². The first kappa shape index (κ1) is 18.4. The molecule has 1 atom stereocenters. The summed E-state index contributed by atoms with van der Waals surface area (Å²) >= 11 is 0. The zero-order valence-electron chi connectivity index (χ0n) is 14.0. The summed E-state index contributed by atoms with van der Waals surface area (Å²) in [5.74, 6) is -1.74. The number of nitrogens with zero attached hydrogens (tertiary/aromatic N) is 1. The summed E-state index contributed by atoms with van der Waals surface area (Å²) in [6.07, 6.45) is 1.33. The van der Waals surface area contributed by atoms with E-state index in [4.69, 9.17) is 4.74 Å².